The van der Waals surface area contributed by atoms with Crippen LogP contribution in [0.15, 0.2) is 28.4 Å². The molecule has 0 saturated heterocycles. The lowest BCUT2D eigenvalue weighted by molar-refractivity contribution is 1.10. The van der Waals surface area contributed by atoms with Gasteiger partial charge in [0.05, 0.1) is 0 Å². The summed E-state index contributed by atoms with van der Waals surface area (Å²) in [5, 5.41) is 0. The van der Waals surface area contributed by atoms with E-state index in [2.05, 4.69) is 32.5 Å². The van der Waals surface area contributed by atoms with Gasteiger partial charge in [0.2, 0.25) is 0 Å². The minimum absolute atomic E-state index is 1.06. The molecule has 0 unspecified atom stereocenters. The minimum Gasteiger partial charge on any atom is -0.273 e. The van der Waals surface area contributed by atoms with Crippen LogP contribution in [-0.4, -0.2) is 6.72 Å². The molecule has 0 aliphatic heterocycles. The van der Waals surface area contributed by atoms with Crippen molar-refractivity contribution in [3.05, 3.63) is 23.4 Å². The number of allylic oxidation sites excluding steroid dienone is 3. The molecular weight excluding hydrogens is 122 g/mol. The monoisotopic (exact) mass is 137 g/mol. The Labute approximate surface area is 63.2 Å². The molecule has 56 valence electrons. The second-order valence-corrected chi connectivity index (χ2v) is 2.38. The summed E-state index contributed by atoms with van der Waals surface area (Å²) in [7, 11) is 0. The fraction of sp³-hybridized carbons (Fsp3) is 0.444. The smallest absolute Gasteiger partial charge is 0.0263 e. The van der Waals surface area contributed by atoms with E-state index in [0.29, 0.717) is 0 Å². The zero-order valence-corrected chi connectivity index (χ0v) is 7.02. The molecular formula is C9H15N. The molecule has 0 heterocycles. The van der Waals surface area contributed by atoms with Crippen LogP contribution in [0.2, 0.25) is 0 Å². The number of nitrogens with zero attached hydrogens (tertiary/aromatic N) is 1. The Morgan fingerprint density at radius 3 is 2.40 bits per heavy atom. The summed E-state index contributed by atoms with van der Waals surface area (Å²) in [6.45, 7) is 9.71. The van der Waals surface area contributed by atoms with E-state index in [1.807, 2.05) is 6.08 Å². The number of hydrogen-bond donors (Lipinski definition) is 0. The summed E-state index contributed by atoms with van der Waals surface area (Å²) in [5.74, 6) is 0. The zero-order chi connectivity index (χ0) is 7.98. The van der Waals surface area contributed by atoms with E-state index in [1.165, 1.54) is 11.1 Å². The first-order valence-electron chi connectivity index (χ1n) is 3.51. The van der Waals surface area contributed by atoms with Crippen molar-refractivity contribution in [1.29, 1.82) is 0 Å². The van der Waals surface area contributed by atoms with Crippen LogP contribution in [0.1, 0.15) is 27.2 Å². The highest BCUT2D eigenvalue weighted by Gasteiger charge is 1.88. The summed E-state index contributed by atoms with van der Waals surface area (Å²) in [4.78, 5) is 3.64. The van der Waals surface area contributed by atoms with Gasteiger partial charge in [-0.3, -0.25) is 4.99 Å². The molecule has 0 fully saturated rings. The van der Waals surface area contributed by atoms with Crippen LogP contribution in [0.4, 0.5) is 0 Å². The third-order valence-corrected chi connectivity index (χ3v) is 1.40. The molecule has 0 rings (SSSR count). The van der Waals surface area contributed by atoms with Crippen molar-refractivity contribution >= 4 is 6.72 Å². The van der Waals surface area contributed by atoms with Crippen molar-refractivity contribution in [1.82, 2.24) is 0 Å². The lowest BCUT2D eigenvalue weighted by Gasteiger charge is -1.97. The van der Waals surface area contributed by atoms with Crippen LogP contribution in [0.25, 0.3) is 0 Å². The molecule has 0 N–H and O–H groups in total. The van der Waals surface area contributed by atoms with Gasteiger partial charge in [-0.1, -0.05) is 12.5 Å². The van der Waals surface area contributed by atoms with E-state index in [-0.39, 0.29) is 0 Å². The maximum absolute atomic E-state index is 3.64. The maximum atomic E-state index is 3.64. The minimum atomic E-state index is 1.06. The van der Waals surface area contributed by atoms with E-state index < -0.39 is 0 Å². The summed E-state index contributed by atoms with van der Waals surface area (Å²) < 4.78 is 0. The summed E-state index contributed by atoms with van der Waals surface area (Å²) in [6, 6.07) is 0. The molecule has 0 amide bonds. The first-order valence-corrected chi connectivity index (χ1v) is 3.51. The number of aliphatic imine (C=N–C) groups is 1. The maximum Gasteiger partial charge on any atom is 0.0263 e. The second-order valence-electron chi connectivity index (χ2n) is 2.38. The van der Waals surface area contributed by atoms with Crippen molar-refractivity contribution in [2.45, 2.75) is 27.2 Å². The molecule has 0 aliphatic carbocycles. The average molecular weight is 137 g/mol. The molecule has 0 aromatic rings. The first kappa shape index (κ1) is 9.15. The predicted molar refractivity (Wildman–Crippen MR) is 47.4 cm³/mol. The topological polar surface area (TPSA) is 12.4 Å². The van der Waals surface area contributed by atoms with Gasteiger partial charge in [-0.05, 0) is 38.6 Å². The van der Waals surface area contributed by atoms with Crippen LogP contribution in [-0.2, 0) is 0 Å². The zero-order valence-electron chi connectivity index (χ0n) is 7.02. The number of rotatable bonds is 3. The van der Waals surface area contributed by atoms with Gasteiger partial charge in [0.1, 0.15) is 0 Å². The van der Waals surface area contributed by atoms with Gasteiger partial charge in [-0.15, -0.1) is 0 Å². The Kier molecular flexibility index (Phi) is 4.55. The normalized spacial score (nSPS) is 9.90. The molecule has 0 aromatic heterocycles. The van der Waals surface area contributed by atoms with E-state index in [0.717, 1.165) is 6.42 Å². The first-order chi connectivity index (χ1) is 4.72. The third kappa shape index (κ3) is 3.23. The lowest BCUT2D eigenvalue weighted by Crippen LogP contribution is -1.77. The fourth-order valence-corrected chi connectivity index (χ4v) is 0.781. The highest BCUT2D eigenvalue weighted by Crippen LogP contribution is 2.08. The highest BCUT2D eigenvalue weighted by atomic mass is 14.6. The second kappa shape index (κ2) is 4.98. The average Bonchev–Trinajstić information content (AvgIpc) is 1.89. The standard InChI is InChI=1S/C9H15N/c1-5-9(8(2)3)6-7-10-4/h6-7H,4-5H2,1-3H3/b7-6-. The fourth-order valence-electron chi connectivity index (χ4n) is 0.781. The molecule has 0 atom stereocenters. The van der Waals surface area contributed by atoms with Crippen molar-refractivity contribution in [2.24, 2.45) is 4.99 Å². The molecule has 0 saturated carbocycles. The van der Waals surface area contributed by atoms with Crippen LogP contribution in [0.5, 0.6) is 0 Å². The summed E-state index contributed by atoms with van der Waals surface area (Å²) >= 11 is 0. The largest absolute Gasteiger partial charge is 0.273 e. The van der Waals surface area contributed by atoms with E-state index in [4.69, 9.17) is 0 Å². The van der Waals surface area contributed by atoms with Gasteiger partial charge in [0, 0.05) is 6.20 Å². The molecule has 0 radical (unpaired) electrons. The Balaban J connectivity index is 4.23. The summed E-state index contributed by atoms with van der Waals surface area (Å²) in [5.41, 5.74) is 2.69. The SMILES string of the molecule is C=N/C=C\C(CC)=C(C)C. The Morgan fingerprint density at radius 1 is 1.50 bits per heavy atom. The van der Waals surface area contributed by atoms with Gasteiger partial charge in [0.15, 0.2) is 0 Å². The van der Waals surface area contributed by atoms with Gasteiger partial charge < -0.3 is 0 Å². The molecule has 0 bridgehead atoms. The van der Waals surface area contributed by atoms with Gasteiger partial charge in [-0.25, -0.2) is 0 Å². The highest BCUT2D eigenvalue weighted by molar-refractivity contribution is 5.29. The van der Waals surface area contributed by atoms with Crippen molar-refractivity contribution in [3.63, 3.8) is 0 Å². The van der Waals surface area contributed by atoms with Crippen molar-refractivity contribution in [2.75, 3.05) is 0 Å². The molecule has 0 aromatic carbocycles. The Bertz CT molecular complexity index is 160. The molecule has 1 heteroatoms. The predicted octanol–water partition coefficient (Wildman–Crippen LogP) is 2.95. The van der Waals surface area contributed by atoms with E-state index in [1.54, 1.807) is 6.20 Å². The van der Waals surface area contributed by atoms with Gasteiger partial charge >= 0.3 is 0 Å². The summed E-state index contributed by atoms with van der Waals surface area (Å²) in [6.07, 6.45) is 4.79. The van der Waals surface area contributed by atoms with Crippen LogP contribution >= 0.6 is 0 Å². The lowest BCUT2D eigenvalue weighted by atomic mass is 10.1. The quantitative estimate of drug-likeness (QED) is 0.419. The molecule has 0 aliphatic rings. The van der Waals surface area contributed by atoms with Gasteiger partial charge in [0.25, 0.3) is 0 Å². The Morgan fingerprint density at radius 2 is 2.10 bits per heavy atom. The third-order valence-electron chi connectivity index (χ3n) is 1.40. The number of hydrogen-bond acceptors (Lipinski definition) is 1. The van der Waals surface area contributed by atoms with Crippen LogP contribution < -0.4 is 0 Å². The Hall–Kier alpha value is -0.850. The molecule has 1 nitrogen and oxygen atoms in total. The molecule has 10 heavy (non-hydrogen) atoms. The molecule has 0 spiro atoms. The van der Waals surface area contributed by atoms with Crippen molar-refractivity contribution in [3.8, 4) is 0 Å². The van der Waals surface area contributed by atoms with Crippen LogP contribution in [0, 0.1) is 0 Å². The van der Waals surface area contributed by atoms with Crippen LogP contribution in [0.3, 0.4) is 0 Å². The van der Waals surface area contributed by atoms with Crippen molar-refractivity contribution < 1.29 is 0 Å². The van der Waals surface area contributed by atoms with E-state index >= 15 is 0 Å². The van der Waals surface area contributed by atoms with Gasteiger partial charge in [-0.2, -0.15) is 0 Å². The van der Waals surface area contributed by atoms with E-state index in [9.17, 15) is 0 Å².